The van der Waals surface area contributed by atoms with Crippen molar-refractivity contribution in [3.05, 3.63) is 84.3 Å². The Balaban J connectivity index is 1.61. The maximum Gasteiger partial charge on any atom is 0.192 e. The highest BCUT2D eigenvalue weighted by atomic mass is 28.4. The van der Waals surface area contributed by atoms with Crippen molar-refractivity contribution in [2.75, 3.05) is 5.73 Å². The summed E-state index contributed by atoms with van der Waals surface area (Å²) >= 11 is 0. The number of nitrogens with zero attached hydrogens (tertiary/aromatic N) is 6. The van der Waals surface area contributed by atoms with Crippen molar-refractivity contribution in [2.45, 2.75) is 45.5 Å². The van der Waals surface area contributed by atoms with Gasteiger partial charge in [-0.05, 0) is 66.2 Å². The minimum absolute atomic E-state index is 0.146. The van der Waals surface area contributed by atoms with Crippen LogP contribution in [0.3, 0.4) is 0 Å². The normalized spacial score (nSPS) is 12.0. The Bertz CT molecular complexity index is 1700. The third-order valence-electron chi connectivity index (χ3n) is 7.35. The van der Waals surface area contributed by atoms with E-state index in [1.54, 1.807) is 18.5 Å². The summed E-state index contributed by atoms with van der Waals surface area (Å²) in [5.74, 6) is 1.04. The van der Waals surface area contributed by atoms with Crippen LogP contribution in [0.15, 0.2) is 73.2 Å². The Kier molecular flexibility index (Phi) is 6.76. The molecule has 0 amide bonds. The zero-order chi connectivity index (χ0) is 27.8. The molecular formula is C30H31N7OSi. The van der Waals surface area contributed by atoms with Gasteiger partial charge in [0.05, 0.1) is 23.4 Å². The number of benzene rings is 1. The van der Waals surface area contributed by atoms with Crippen LogP contribution in [0.25, 0.3) is 39.5 Å². The summed E-state index contributed by atoms with van der Waals surface area (Å²) < 4.78 is 8.42. The monoisotopic (exact) mass is 533 g/mol. The topological polar surface area (TPSA) is 116 Å². The molecule has 2 N–H and O–H groups in total. The average Bonchev–Trinajstić information content (AvgIpc) is 3.30. The van der Waals surface area contributed by atoms with Crippen molar-refractivity contribution < 1.29 is 4.43 Å². The number of aromatic nitrogens is 5. The number of hydrogen-bond acceptors (Lipinski definition) is 7. The second kappa shape index (κ2) is 10.1. The van der Waals surface area contributed by atoms with Gasteiger partial charge in [0.25, 0.3) is 0 Å². The van der Waals surface area contributed by atoms with E-state index in [4.69, 9.17) is 20.1 Å². The molecule has 5 rings (SSSR count). The third kappa shape index (κ3) is 5.17. The Hall–Kier alpha value is -4.39. The first-order valence-electron chi connectivity index (χ1n) is 12.8. The fourth-order valence-corrected chi connectivity index (χ4v) is 4.97. The van der Waals surface area contributed by atoms with Crippen molar-refractivity contribution in [1.29, 1.82) is 5.26 Å². The smallest absolute Gasteiger partial charge is 0.192 e. The number of nitriles is 1. The van der Waals surface area contributed by atoms with Gasteiger partial charge in [-0.25, -0.2) is 15.0 Å². The highest BCUT2D eigenvalue weighted by Crippen LogP contribution is 2.37. The summed E-state index contributed by atoms with van der Waals surface area (Å²) in [4.78, 5) is 18.3. The van der Waals surface area contributed by atoms with Crippen LogP contribution in [-0.4, -0.2) is 32.8 Å². The SMILES string of the molecule is CC(C)(C)[Si](C)(C)OCc1ccc(-n2c(-c3cccnc3N)nc3ccc(-c4cncc(C#N)c4)nc32)cc1. The molecule has 39 heavy (non-hydrogen) atoms. The van der Waals surface area contributed by atoms with Crippen LogP contribution in [0.2, 0.25) is 18.1 Å². The zero-order valence-electron chi connectivity index (χ0n) is 22.8. The summed E-state index contributed by atoms with van der Waals surface area (Å²) in [6, 6.07) is 19.7. The summed E-state index contributed by atoms with van der Waals surface area (Å²) in [5.41, 5.74) is 12.3. The molecule has 0 aliphatic carbocycles. The Morgan fingerprint density at radius 1 is 1.03 bits per heavy atom. The molecule has 4 heterocycles. The number of fused-ring (bicyclic) bond motifs is 1. The number of hydrogen-bond donors (Lipinski definition) is 1. The summed E-state index contributed by atoms with van der Waals surface area (Å²) in [7, 11) is -1.87. The number of nitrogens with two attached hydrogens (primary N) is 1. The van der Waals surface area contributed by atoms with Gasteiger partial charge in [0.1, 0.15) is 17.4 Å². The van der Waals surface area contributed by atoms with Crippen molar-refractivity contribution in [2.24, 2.45) is 0 Å². The summed E-state index contributed by atoms with van der Waals surface area (Å²) in [6.07, 6.45) is 4.90. The highest BCUT2D eigenvalue weighted by Gasteiger charge is 2.37. The second-order valence-electron chi connectivity index (χ2n) is 11.0. The predicted octanol–water partition coefficient (Wildman–Crippen LogP) is 6.52. The van der Waals surface area contributed by atoms with Gasteiger partial charge in [0.15, 0.2) is 19.8 Å². The largest absolute Gasteiger partial charge is 0.413 e. The molecule has 0 saturated heterocycles. The van der Waals surface area contributed by atoms with Crippen molar-refractivity contribution >= 4 is 25.3 Å². The lowest BCUT2D eigenvalue weighted by Crippen LogP contribution is -2.40. The molecule has 0 spiro atoms. The number of anilines is 1. The van der Waals surface area contributed by atoms with Gasteiger partial charge < -0.3 is 10.2 Å². The van der Waals surface area contributed by atoms with Gasteiger partial charge in [-0.1, -0.05) is 32.9 Å². The fourth-order valence-electron chi connectivity index (χ4n) is 4.01. The Morgan fingerprint density at radius 2 is 1.79 bits per heavy atom. The predicted molar refractivity (Wildman–Crippen MR) is 156 cm³/mol. The number of pyridine rings is 3. The van der Waals surface area contributed by atoms with E-state index in [9.17, 15) is 5.26 Å². The van der Waals surface area contributed by atoms with Crippen molar-refractivity contribution in [3.63, 3.8) is 0 Å². The molecule has 0 radical (unpaired) electrons. The van der Waals surface area contributed by atoms with Crippen LogP contribution in [0.1, 0.15) is 31.9 Å². The molecule has 0 bridgehead atoms. The van der Waals surface area contributed by atoms with Crippen LogP contribution < -0.4 is 5.73 Å². The van der Waals surface area contributed by atoms with Gasteiger partial charge in [0, 0.05) is 29.8 Å². The highest BCUT2D eigenvalue weighted by molar-refractivity contribution is 6.74. The Labute approximate surface area is 229 Å². The molecule has 5 aromatic rings. The van der Waals surface area contributed by atoms with E-state index in [1.807, 2.05) is 41.0 Å². The third-order valence-corrected chi connectivity index (χ3v) is 11.8. The minimum atomic E-state index is -1.87. The van der Waals surface area contributed by atoms with E-state index in [1.165, 1.54) is 6.20 Å². The van der Waals surface area contributed by atoms with E-state index in [0.29, 0.717) is 40.7 Å². The molecule has 0 fully saturated rings. The van der Waals surface area contributed by atoms with Crippen LogP contribution >= 0.6 is 0 Å². The maximum absolute atomic E-state index is 9.32. The molecule has 0 aliphatic heterocycles. The van der Waals surface area contributed by atoms with Gasteiger partial charge in [-0.15, -0.1) is 0 Å². The molecule has 9 heteroatoms. The molecule has 1 aromatic carbocycles. The first kappa shape index (κ1) is 26.2. The minimum Gasteiger partial charge on any atom is -0.413 e. The van der Waals surface area contributed by atoms with E-state index in [2.05, 4.69) is 62.0 Å². The molecule has 0 aliphatic rings. The van der Waals surface area contributed by atoms with E-state index in [-0.39, 0.29) is 5.04 Å². The van der Waals surface area contributed by atoms with Gasteiger partial charge in [-0.3, -0.25) is 9.55 Å². The van der Waals surface area contributed by atoms with Crippen LogP contribution in [-0.2, 0) is 11.0 Å². The molecule has 0 unspecified atom stereocenters. The van der Waals surface area contributed by atoms with Crippen molar-refractivity contribution in [1.82, 2.24) is 24.5 Å². The lowest BCUT2D eigenvalue weighted by molar-refractivity contribution is 0.276. The standard InChI is InChI=1S/C30H31N7OSi/c1-30(2,3)39(4,5)38-19-20-8-10-23(11-9-20)37-28(24-7-6-14-34-27(24)32)36-26-13-12-25(35-29(26)37)22-15-21(16-31)17-33-18-22/h6-15,17-18H,19H2,1-5H3,(H2,32,34). The number of rotatable bonds is 6. The van der Waals surface area contributed by atoms with E-state index >= 15 is 0 Å². The zero-order valence-corrected chi connectivity index (χ0v) is 23.8. The van der Waals surface area contributed by atoms with Gasteiger partial charge in [0.2, 0.25) is 0 Å². The van der Waals surface area contributed by atoms with Gasteiger partial charge in [-0.2, -0.15) is 5.26 Å². The lowest BCUT2D eigenvalue weighted by atomic mass is 10.1. The Morgan fingerprint density at radius 3 is 2.49 bits per heavy atom. The molecule has 8 nitrogen and oxygen atoms in total. The lowest BCUT2D eigenvalue weighted by Gasteiger charge is -2.36. The molecule has 4 aromatic heterocycles. The van der Waals surface area contributed by atoms with Crippen LogP contribution in [0.5, 0.6) is 0 Å². The molecule has 0 atom stereocenters. The number of nitrogen functional groups attached to an aromatic ring is 1. The maximum atomic E-state index is 9.32. The van der Waals surface area contributed by atoms with E-state index < -0.39 is 8.32 Å². The molecular weight excluding hydrogens is 502 g/mol. The first-order valence-corrected chi connectivity index (χ1v) is 15.7. The van der Waals surface area contributed by atoms with Crippen molar-refractivity contribution in [3.8, 4) is 34.4 Å². The first-order chi connectivity index (χ1) is 18.6. The second-order valence-corrected chi connectivity index (χ2v) is 15.8. The van der Waals surface area contributed by atoms with Gasteiger partial charge >= 0.3 is 0 Å². The number of imidazole rings is 1. The quantitative estimate of drug-likeness (QED) is 0.247. The fraction of sp³-hybridized carbons (Fsp3) is 0.233. The summed E-state index contributed by atoms with van der Waals surface area (Å²) in [6.45, 7) is 11.8. The van der Waals surface area contributed by atoms with Crippen LogP contribution in [0.4, 0.5) is 5.82 Å². The molecule has 0 saturated carbocycles. The van der Waals surface area contributed by atoms with E-state index in [0.717, 1.165) is 22.4 Å². The molecule has 196 valence electrons. The average molecular weight is 534 g/mol. The van der Waals surface area contributed by atoms with Crippen LogP contribution in [0, 0.1) is 11.3 Å². The summed E-state index contributed by atoms with van der Waals surface area (Å²) in [5, 5.41) is 9.47.